The van der Waals surface area contributed by atoms with E-state index in [1.807, 2.05) is 0 Å². The topological polar surface area (TPSA) is 6.48 Å². The molecule has 1 heterocycles. The lowest BCUT2D eigenvalue weighted by atomic mass is 10.0. The molecule has 0 aromatic heterocycles. The minimum Gasteiger partial charge on any atom is -0.353 e. The number of unbranched alkanes of at least 4 members (excludes halogenated alkanes) is 12. The second-order valence-electron chi connectivity index (χ2n) is 8.39. The van der Waals surface area contributed by atoms with Crippen molar-refractivity contribution in [2.24, 2.45) is 0 Å². The van der Waals surface area contributed by atoms with Crippen molar-refractivity contribution in [3.05, 3.63) is 48.3 Å². The summed E-state index contributed by atoms with van der Waals surface area (Å²) in [5.41, 5.74) is 1.41. The van der Waals surface area contributed by atoms with Crippen molar-refractivity contribution >= 4 is 0 Å². The van der Waals surface area contributed by atoms with Crippen LogP contribution in [0.3, 0.4) is 0 Å². The third-order valence-electron chi connectivity index (χ3n) is 6.06. The molecule has 2 nitrogen and oxygen atoms in total. The fraction of sp³-hybridized carbons (Fsp3) is 0.692. The fourth-order valence-electron chi connectivity index (χ4n) is 4.32. The van der Waals surface area contributed by atoms with Crippen LogP contribution in [0.4, 0.5) is 0 Å². The average Bonchev–Trinajstić information content (AvgIpc) is 3.15. The summed E-state index contributed by atoms with van der Waals surface area (Å²) in [6.45, 7) is 6.77. The van der Waals surface area contributed by atoms with Gasteiger partial charge in [0.05, 0.1) is 0 Å². The van der Waals surface area contributed by atoms with Gasteiger partial charge >= 0.3 is 0 Å². The molecule has 0 fully saturated rings. The van der Waals surface area contributed by atoms with Crippen molar-refractivity contribution in [2.75, 3.05) is 13.1 Å². The Morgan fingerprint density at radius 2 is 1.11 bits per heavy atom. The summed E-state index contributed by atoms with van der Waals surface area (Å²) in [6, 6.07) is 10.9. The van der Waals surface area contributed by atoms with Crippen LogP contribution < -0.4 is 0 Å². The minimum absolute atomic E-state index is 0.392. The molecule has 1 aromatic carbocycles. The molecule has 0 aliphatic carbocycles. The zero-order chi connectivity index (χ0) is 19.9. The molecule has 1 aromatic rings. The Bertz CT molecular complexity index is 510. The predicted octanol–water partition coefficient (Wildman–Crippen LogP) is 7.89. The minimum atomic E-state index is 0.392. The molecule has 0 saturated heterocycles. The van der Waals surface area contributed by atoms with Gasteiger partial charge in [0.15, 0.2) is 0 Å². The predicted molar refractivity (Wildman–Crippen MR) is 123 cm³/mol. The molecule has 1 aliphatic heterocycles. The summed E-state index contributed by atoms with van der Waals surface area (Å²) in [6.07, 6.45) is 23.4. The lowest BCUT2D eigenvalue weighted by Gasteiger charge is -2.32. The van der Waals surface area contributed by atoms with Gasteiger partial charge in [-0.2, -0.15) is 0 Å². The third kappa shape index (κ3) is 8.29. The van der Waals surface area contributed by atoms with Crippen LogP contribution in [0, 0.1) is 0 Å². The van der Waals surface area contributed by atoms with E-state index < -0.39 is 0 Å². The van der Waals surface area contributed by atoms with E-state index >= 15 is 0 Å². The van der Waals surface area contributed by atoms with Gasteiger partial charge in [0.2, 0.25) is 0 Å². The van der Waals surface area contributed by atoms with Gasteiger partial charge in [-0.15, -0.1) is 0 Å². The first-order valence-corrected chi connectivity index (χ1v) is 12.1. The van der Waals surface area contributed by atoms with Crippen LogP contribution >= 0.6 is 0 Å². The molecule has 0 N–H and O–H groups in total. The lowest BCUT2D eigenvalue weighted by molar-refractivity contribution is 0.157. The number of nitrogens with zero attached hydrogens (tertiary/aromatic N) is 2. The summed E-state index contributed by atoms with van der Waals surface area (Å²) < 4.78 is 0. The van der Waals surface area contributed by atoms with E-state index in [1.165, 1.54) is 95.6 Å². The Morgan fingerprint density at radius 1 is 0.607 bits per heavy atom. The molecule has 2 rings (SSSR count). The van der Waals surface area contributed by atoms with E-state index in [1.54, 1.807) is 0 Å². The smallest absolute Gasteiger partial charge is 0.127 e. The first-order chi connectivity index (χ1) is 13.9. The highest BCUT2D eigenvalue weighted by Crippen LogP contribution is 2.30. The Hall–Kier alpha value is -1.44. The van der Waals surface area contributed by atoms with Gasteiger partial charge in [0.25, 0.3) is 0 Å². The normalized spacial score (nSPS) is 16.3. The highest BCUT2D eigenvalue weighted by Gasteiger charge is 2.25. The second-order valence-corrected chi connectivity index (χ2v) is 8.39. The van der Waals surface area contributed by atoms with E-state index in [0.29, 0.717) is 6.17 Å². The van der Waals surface area contributed by atoms with E-state index in [0.717, 1.165) is 6.54 Å². The molecule has 1 unspecified atom stereocenters. The van der Waals surface area contributed by atoms with Crippen molar-refractivity contribution in [2.45, 2.75) is 103 Å². The Balaban J connectivity index is 1.51. The molecule has 0 bridgehead atoms. The van der Waals surface area contributed by atoms with Crippen molar-refractivity contribution < 1.29 is 0 Å². The van der Waals surface area contributed by atoms with Crippen molar-refractivity contribution in [3.63, 3.8) is 0 Å². The quantitative estimate of drug-likeness (QED) is 0.267. The van der Waals surface area contributed by atoms with Crippen molar-refractivity contribution in [1.29, 1.82) is 0 Å². The molecule has 158 valence electrons. The van der Waals surface area contributed by atoms with Crippen molar-refractivity contribution in [3.8, 4) is 0 Å². The first kappa shape index (κ1) is 22.8. The largest absolute Gasteiger partial charge is 0.353 e. The number of benzene rings is 1. The number of rotatable bonds is 16. The van der Waals surface area contributed by atoms with Gasteiger partial charge in [0, 0.05) is 25.5 Å². The summed E-state index contributed by atoms with van der Waals surface area (Å²) in [5.74, 6) is 0. The highest BCUT2D eigenvalue weighted by atomic mass is 15.4. The maximum atomic E-state index is 2.53. The van der Waals surface area contributed by atoms with Gasteiger partial charge in [-0.05, 0) is 18.9 Å². The average molecular weight is 385 g/mol. The monoisotopic (exact) mass is 384 g/mol. The molecular weight excluding hydrogens is 340 g/mol. The van der Waals surface area contributed by atoms with E-state index in [4.69, 9.17) is 0 Å². The molecular formula is C26H44N2. The summed E-state index contributed by atoms with van der Waals surface area (Å²) >= 11 is 0. The lowest BCUT2D eigenvalue weighted by Crippen LogP contribution is -2.31. The maximum absolute atomic E-state index is 2.53. The molecule has 2 heteroatoms. The SMILES string of the molecule is CCCCCCCCCCCCCCCN1C=CN(CC)C1c1ccccc1. The van der Waals surface area contributed by atoms with Gasteiger partial charge < -0.3 is 9.80 Å². The zero-order valence-electron chi connectivity index (χ0n) is 18.6. The van der Waals surface area contributed by atoms with Crippen LogP contribution in [0.1, 0.15) is 109 Å². The van der Waals surface area contributed by atoms with Gasteiger partial charge in [-0.3, -0.25) is 0 Å². The molecule has 1 atom stereocenters. The highest BCUT2D eigenvalue weighted by molar-refractivity contribution is 5.21. The maximum Gasteiger partial charge on any atom is 0.127 e. The summed E-state index contributed by atoms with van der Waals surface area (Å²) in [4.78, 5) is 4.97. The second kappa shape index (κ2) is 14.5. The van der Waals surface area contributed by atoms with Crippen LogP contribution in [-0.4, -0.2) is 22.9 Å². The van der Waals surface area contributed by atoms with Gasteiger partial charge in [-0.25, -0.2) is 0 Å². The fourth-order valence-corrected chi connectivity index (χ4v) is 4.32. The Morgan fingerprint density at radius 3 is 1.64 bits per heavy atom. The number of hydrogen-bond acceptors (Lipinski definition) is 2. The Kier molecular flexibility index (Phi) is 11.9. The summed E-state index contributed by atoms with van der Waals surface area (Å²) in [5, 5.41) is 0. The standard InChI is InChI=1S/C26H44N2/c1-3-5-6-7-8-9-10-11-12-13-14-15-19-22-28-24-23-27(4-2)26(28)25-20-17-16-18-21-25/h16-18,20-21,23-24,26H,3-15,19,22H2,1-2H3. The van der Waals surface area contributed by atoms with Crippen LogP contribution in [0.2, 0.25) is 0 Å². The zero-order valence-corrected chi connectivity index (χ0v) is 18.6. The molecule has 0 amide bonds. The van der Waals surface area contributed by atoms with Crippen LogP contribution in [-0.2, 0) is 0 Å². The number of hydrogen-bond donors (Lipinski definition) is 0. The third-order valence-corrected chi connectivity index (χ3v) is 6.06. The summed E-state index contributed by atoms with van der Waals surface area (Å²) in [7, 11) is 0. The molecule has 0 spiro atoms. The van der Waals surface area contributed by atoms with E-state index in [-0.39, 0.29) is 0 Å². The molecule has 28 heavy (non-hydrogen) atoms. The van der Waals surface area contributed by atoms with E-state index in [2.05, 4.69) is 66.4 Å². The molecule has 0 radical (unpaired) electrons. The van der Waals surface area contributed by atoms with Gasteiger partial charge in [-0.1, -0.05) is 114 Å². The van der Waals surface area contributed by atoms with Crippen LogP contribution in [0.25, 0.3) is 0 Å². The van der Waals surface area contributed by atoms with Crippen LogP contribution in [0.5, 0.6) is 0 Å². The van der Waals surface area contributed by atoms with Crippen molar-refractivity contribution in [1.82, 2.24) is 9.80 Å². The molecule has 1 aliphatic rings. The van der Waals surface area contributed by atoms with Crippen LogP contribution in [0.15, 0.2) is 42.7 Å². The van der Waals surface area contributed by atoms with Gasteiger partial charge in [0.1, 0.15) is 6.17 Å². The molecule has 0 saturated carbocycles. The Labute approximate surface area is 175 Å². The van der Waals surface area contributed by atoms with E-state index in [9.17, 15) is 0 Å². The first-order valence-electron chi connectivity index (χ1n) is 12.1.